The molecule has 0 saturated heterocycles. The summed E-state index contributed by atoms with van der Waals surface area (Å²) >= 11 is 4.64. The highest BCUT2D eigenvalue weighted by Crippen LogP contribution is 1.79. The van der Waals surface area contributed by atoms with Crippen molar-refractivity contribution in [2.24, 2.45) is 0 Å². The van der Waals surface area contributed by atoms with Gasteiger partial charge in [0.25, 0.3) is 0 Å². The molecule has 0 aromatic carbocycles. The Hall–Kier alpha value is -0.0200. The van der Waals surface area contributed by atoms with Gasteiger partial charge in [-0.2, -0.15) is 0 Å². The van der Waals surface area contributed by atoms with Crippen molar-refractivity contribution in [1.82, 2.24) is 0 Å². The van der Waals surface area contributed by atoms with E-state index < -0.39 is 9.84 Å². The van der Waals surface area contributed by atoms with Crippen molar-refractivity contribution in [2.75, 3.05) is 18.4 Å². The molecule has 56 valence electrons. The number of rotatable bonds is 2. The summed E-state index contributed by atoms with van der Waals surface area (Å²) in [6.07, 6.45) is 4.02. The lowest BCUT2D eigenvalue weighted by atomic mass is 10.8. The fourth-order valence-corrected chi connectivity index (χ4v) is 0.642. The van der Waals surface area contributed by atoms with Crippen LogP contribution in [0.5, 0.6) is 0 Å². The first kappa shape index (κ1) is 11.7. The number of alkyl halides is 1. The predicted octanol–water partition coefficient (Wildman–Crippen LogP) is 1.07. The fraction of sp³-hybridized carbons (Fsp3) is 0.600. The smallest absolute Gasteiger partial charge is 0.150 e. The molecule has 0 heterocycles. The zero-order valence-corrected chi connectivity index (χ0v) is 7.17. The zero-order chi connectivity index (χ0) is 7.91. The topological polar surface area (TPSA) is 34.1 Å². The summed E-state index contributed by atoms with van der Waals surface area (Å²) in [7, 11) is -2.79. The zero-order valence-electron chi connectivity index (χ0n) is 5.59. The lowest BCUT2D eigenvalue weighted by molar-refractivity contribution is 0.604. The number of sulfone groups is 1. The second kappa shape index (κ2) is 6.11. The Balaban J connectivity index is 0. The molecule has 0 rings (SSSR count). The van der Waals surface area contributed by atoms with Crippen molar-refractivity contribution < 1.29 is 8.42 Å². The second-order valence-corrected chi connectivity index (χ2v) is 3.57. The molecule has 0 aromatic heterocycles. The quantitative estimate of drug-likeness (QED) is 0.459. The van der Waals surface area contributed by atoms with Crippen molar-refractivity contribution in [1.29, 1.82) is 0 Å². The summed E-state index contributed by atoms with van der Waals surface area (Å²) in [5.74, 6) is 0.0764. The molecular formula is C5H11ClO2S. The van der Waals surface area contributed by atoms with E-state index in [1.807, 2.05) is 0 Å². The molecule has 0 aromatic rings. The summed E-state index contributed by atoms with van der Waals surface area (Å²) in [5, 5.41) is 0. The summed E-state index contributed by atoms with van der Waals surface area (Å²) in [4.78, 5) is 0. The van der Waals surface area contributed by atoms with Gasteiger partial charge < -0.3 is 0 Å². The molecule has 0 fully saturated rings. The van der Waals surface area contributed by atoms with Crippen molar-refractivity contribution in [3.05, 3.63) is 12.7 Å². The Morgan fingerprint density at radius 3 is 1.89 bits per heavy atom. The third-order valence-electron chi connectivity index (χ3n) is 0.421. The highest BCUT2D eigenvalue weighted by atomic mass is 35.5. The molecule has 0 radical (unpaired) electrons. The van der Waals surface area contributed by atoms with Gasteiger partial charge in [0.15, 0.2) is 9.84 Å². The molecule has 0 amide bonds. The van der Waals surface area contributed by atoms with E-state index in [0.29, 0.717) is 0 Å². The van der Waals surface area contributed by atoms with Crippen LogP contribution >= 0.6 is 11.6 Å². The van der Waals surface area contributed by atoms with Gasteiger partial charge in [0.1, 0.15) is 0 Å². The summed E-state index contributed by atoms with van der Waals surface area (Å²) < 4.78 is 20.3. The predicted molar refractivity (Wildman–Crippen MR) is 41.7 cm³/mol. The minimum Gasteiger partial charge on any atom is -0.229 e. The van der Waals surface area contributed by atoms with E-state index in [4.69, 9.17) is 0 Å². The molecule has 2 nitrogen and oxygen atoms in total. The average Bonchev–Trinajstić information content (AvgIpc) is 1.69. The standard InChI is InChI=1S/C4H8O2S.CH3Cl/c1-3-4-7(2,5)6;1-2/h3H,1,4H2,2H3;1H3. The highest BCUT2D eigenvalue weighted by Gasteiger charge is 1.93. The normalized spacial score (nSPS) is 9.22. The summed E-state index contributed by atoms with van der Waals surface area (Å²) in [6.45, 7) is 3.27. The van der Waals surface area contributed by atoms with Crippen LogP contribution in [0, 0.1) is 0 Å². The van der Waals surface area contributed by atoms with E-state index in [0.717, 1.165) is 0 Å². The Morgan fingerprint density at radius 1 is 1.56 bits per heavy atom. The van der Waals surface area contributed by atoms with Crippen LogP contribution in [0.3, 0.4) is 0 Å². The minimum absolute atomic E-state index is 0.0764. The summed E-state index contributed by atoms with van der Waals surface area (Å²) in [5.41, 5.74) is 0. The number of halogens is 1. The van der Waals surface area contributed by atoms with Gasteiger partial charge in [-0.15, -0.1) is 18.2 Å². The Kier molecular flexibility index (Phi) is 7.96. The molecule has 0 bridgehead atoms. The lowest BCUT2D eigenvalue weighted by Crippen LogP contribution is -1.98. The fourth-order valence-electron chi connectivity index (χ4n) is 0.214. The Bertz CT molecular complexity index is 148. The Morgan fingerprint density at radius 2 is 1.89 bits per heavy atom. The van der Waals surface area contributed by atoms with Gasteiger partial charge in [-0.1, -0.05) is 6.08 Å². The molecule has 0 unspecified atom stereocenters. The molecular weight excluding hydrogens is 160 g/mol. The van der Waals surface area contributed by atoms with Gasteiger partial charge in [-0.25, -0.2) is 8.42 Å². The molecule has 0 saturated carbocycles. The van der Waals surface area contributed by atoms with Crippen LogP contribution in [0.4, 0.5) is 0 Å². The van der Waals surface area contributed by atoms with Crippen LogP contribution in [-0.4, -0.2) is 26.8 Å². The van der Waals surface area contributed by atoms with Gasteiger partial charge >= 0.3 is 0 Å². The second-order valence-electron chi connectivity index (χ2n) is 1.38. The van der Waals surface area contributed by atoms with Crippen LogP contribution in [-0.2, 0) is 9.84 Å². The minimum atomic E-state index is -2.79. The first-order valence-electron chi connectivity index (χ1n) is 2.22. The maximum absolute atomic E-state index is 10.2. The maximum Gasteiger partial charge on any atom is 0.150 e. The van der Waals surface area contributed by atoms with E-state index in [9.17, 15) is 8.42 Å². The monoisotopic (exact) mass is 170 g/mol. The molecule has 0 atom stereocenters. The third kappa shape index (κ3) is 18.0. The maximum atomic E-state index is 10.2. The highest BCUT2D eigenvalue weighted by molar-refractivity contribution is 7.90. The first-order chi connectivity index (χ1) is 4.06. The summed E-state index contributed by atoms with van der Waals surface area (Å²) in [6, 6.07) is 0. The van der Waals surface area contributed by atoms with Crippen LogP contribution in [0.2, 0.25) is 0 Å². The van der Waals surface area contributed by atoms with Gasteiger partial charge in [0, 0.05) is 12.6 Å². The van der Waals surface area contributed by atoms with E-state index >= 15 is 0 Å². The van der Waals surface area contributed by atoms with Crippen molar-refractivity contribution >= 4 is 21.4 Å². The van der Waals surface area contributed by atoms with E-state index in [1.54, 1.807) is 0 Å². The molecule has 0 spiro atoms. The van der Waals surface area contributed by atoms with Crippen LogP contribution < -0.4 is 0 Å². The SMILES string of the molecule is C=CCS(C)(=O)=O.CCl. The van der Waals surface area contributed by atoms with Crippen molar-refractivity contribution in [3.63, 3.8) is 0 Å². The molecule has 0 N–H and O–H groups in total. The van der Waals surface area contributed by atoms with E-state index in [2.05, 4.69) is 18.2 Å². The largest absolute Gasteiger partial charge is 0.229 e. The van der Waals surface area contributed by atoms with Crippen LogP contribution in [0.25, 0.3) is 0 Å². The van der Waals surface area contributed by atoms with Crippen LogP contribution in [0.1, 0.15) is 0 Å². The lowest BCUT2D eigenvalue weighted by Gasteiger charge is -1.83. The average molecular weight is 171 g/mol. The Labute approximate surface area is 61.4 Å². The first-order valence-corrected chi connectivity index (χ1v) is 5.04. The molecule has 4 heteroatoms. The van der Waals surface area contributed by atoms with Gasteiger partial charge in [0.2, 0.25) is 0 Å². The van der Waals surface area contributed by atoms with Crippen molar-refractivity contribution in [2.45, 2.75) is 0 Å². The van der Waals surface area contributed by atoms with Crippen molar-refractivity contribution in [3.8, 4) is 0 Å². The molecule has 0 aliphatic heterocycles. The van der Waals surface area contributed by atoms with E-state index in [-0.39, 0.29) is 5.75 Å². The van der Waals surface area contributed by atoms with Gasteiger partial charge in [0.05, 0.1) is 5.75 Å². The van der Waals surface area contributed by atoms with Gasteiger partial charge in [-0.3, -0.25) is 0 Å². The van der Waals surface area contributed by atoms with E-state index in [1.165, 1.54) is 18.7 Å². The van der Waals surface area contributed by atoms with Gasteiger partial charge in [-0.05, 0) is 0 Å². The van der Waals surface area contributed by atoms with Crippen LogP contribution in [0.15, 0.2) is 12.7 Å². The number of hydrogen-bond acceptors (Lipinski definition) is 2. The molecule has 0 aliphatic rings. The number of hydrogen-bond donors (Lipinski definition) is 0. The molecule has 0 aliphatic carbocycles. The third-order valence-corrected chi connectivity index (χ3v) is 1.26. The molecule has 9 heavy (non-hydrogen) atoms.